The van der Waals surface area contributed by atoms with E-state index in [-0.39, 0.29) is 17.8 Å². The summed E-state index contributed by atoms with van der Waals surface area (Å²) in [6.45, 7) is 1.60. The van der Waals surface area contributed by atoms with Gasteiger partial charge >= 0.3 is 6.36 Å². The lowest BCUT2D eigenvalue weighted by Crippen LogP contribution is -2.46. The minimum Gasteiger partial charge on any atom is -0.485 e. The molecule has 140 valence electrons. The van der Waals surface area contributed by atoms with Gasteiger partial charge in [0.05, 0.1) is 0 Å². The van der Waals surface area contributed by atoms with Gasteiger partial charge in [-0.3, -0.25) is 0 Å². The summed E-state index contributed by atoms with van der Waals surface area (Å²) in [6.07, 6.45) is -4.98. The van der Waals surface area contributed by atoms with Gasteiger partial charge < -0.3 is 14.8 Å². The SMILES string of the molecule is FC(F)(F)Oc1cccc(OC(c2ccc3ccccc3c2)C2CNC2)c1. The zero-order valence-electron chi connectivity index (χ0n) is 14.4. The topological polar surface area (TPSA) is 30.5 Å². The summed E-state index contributed by atoms with van der Waals surface area (Å²) in [5.74, 6) is 0.309. The van der Waals surface area contributed by atoms with Crippen molar-refractivity contribution in [2.24, 2.45) is 5.92 Å². The molecule has 0 amide bonds. The highest BCUT2D eigenvalue weighted by atomic mass is 19.4. The molecule has 6 heteroatoms. The Morgan fingerprint density at radius 3 is 2.30 bits per heavy atom. The van der Waals surface area contributed by atoms with E-state index in [2.05, 4.69) is 16.1 Å². The molecule has 0 aliphatic carbocycles. The number of halogens is 3. The zero-order valence-corrected chi connectivity index (χ0v) is 14.4. The van der Waals surface area contributed by atoms with E-state index in [1.165, 1.54) is 18.2 Å². The van der Waals surface area contributed by atoms with E-state index in [0.717, 1.165) is 29.4 Å². The van der Waals surface area contributed by atoms with Crippen LogP contribution in [0.5, 0.6) is 11.5 Å². The monoisotopic (exact) mass is 373 g/mol. The fourth-order valence-electron chi connectivity index (χ4n) is 3.24. The predicted molar refractivity (Wildman–Crippen MR) is 96.8 cm³/mol. The van der Waals surface area contributed by atoms with Gasteiger partial charge in [-0.1, -0.05) is 42.5 Å². The van der Waals surface area contributed by atoms with E-state index in [0.29, 0.717) is 5.75 Å². The third kappa shape index (κ3) is 4.17. The molecule has 0 spiro atoms. The van der Waals surface area contributed by atoms with Crippen LogP contribution in [0.1, 0.15) is 11.7 Å². The Morgan fingerprint density at radius 1 is 0.852 bits per heavy atom. The minimum atomic E-state index is -4.73. The van der Waals surface area contributed by atoms with Crippen molar-refractivity contribution < 1.29 is 22.6 Å². The van der Waals surface area contributed by atoms with Gasteiger partial charge in [0.2, 0.25) is 0 Å². The van der Waals surface area contributed by atoms with Crippen LogP contribution in [-0.4, -0.2) is 19.5 Å². The molecule has 1 fully saturated rings. The van der Waals surface area contributed by atoms with Gasteiger partial charge in [-0.05, 0) is 34.5 Å². The summed E-state index contributed by atoms with van der Waals surface area (Å²) in [5.41, 5.74) is 1.00. The van der Waals surface area contributed by atoms with E-state index in [1.807, 2.05) is 36.4 Å². The van der Waals surface area contributed by atoms with E-state index in [4.69, 9.17) is 4.74 Å². The number of hydrogen-bond donors (Lipinski definition) is 1. The first-order valence-electron chi connectivity index (χ1n) is 8.70. The first-order valence-corrected chi connectivity index (χ1v) is 8.70. The molecule has 1 unspecified atom stereocenters. The number of fused-ring (bicyclic) bond motifs is 1. The molecule has 1 atom stereocenters. The zero-order chi connectivity index (χ0) is 18.9. The average Bonchev–Trinajstić information content (AvgIpc) is 2.58. The first kappa shape index (κ1) is 17.7. The number of benzene rings is 3. The van der Waals surface area contributed by atoms with Crippen LogP contribution in [0.2, 0.25) is 0 Å². The highest BCUT2D eigenvalue weighted by Gasteiger charge is 2.32. The lowest BCUT2D eigenvalue weighted by Gasteiger charge is -2.35. The summed E-state index contributed by atoms with van der Waals surface area (Å²) in [7, 11) is 0. The molecule has 4 rings (SSSR count). The molecule has 1 aliphatic rings. The molecule has 1 saturated heterocycles. The second-order valence-electron chi connectivity index (χ2n) is 6.59. The minimum absolute atomic E-state index is 0.248. The van der Waals surface area contributed by atoms with Gasteiger partial charge in [0.1, 0.15) is 17.6 Å². The van der Waals surface area contributed by atoms with Crippen molar-refractivity contribution in [3.8, 4) is 11.5 Å². The van der Waals surface area contributed by atoms with Gasteiger partial charge in [-0.15, -0.1) is 13.2 Å². The van der Waals surface area contributed by atoms with Crippen LogP contribution in [0.25, 0.3) is 10.8 Å². The van der Waals surface area contributed by atoms with Crippen LogP contribution in [0.3, 0.4) is 0 Å². The number of alkyl halides is 3. The Bertz CT molecular complexity index is 938. The van der Waals surface area contributed by atoms with Crippen LogP contribution in [0.15, 0.2) is 66.7 Å². The molecule has 0 bridgehead atoms. The smallest absolute Gasteiger partial charge is 0.485 e. The van der Waals surface area contributed by atoms with Crippen LogP contribution in [0.4, 0.5) is 13.2 Å². The molecular formula is C21H18F3NO2. The Labute approximate surface area is 154 Å². The van der Waals surface area contributed by atoms with Crippen molar-refractivity contribution >= 4 is 10.8 Å². The van der Waals surface area contributed by atoms with Crippen molar-refractivity contribution in [3.05, 3.63) is 72.3 Å². The highest BCUT2D eigenvalue weighted by molar-refractivity contribution is 5.83. The van der Waals surface area contributed by atoms with Gasteiger partial charge in [-0.2, -0.15) is 0 Å². The molecule has 0 saturated carbocycles. The Balaban J connectivity index is 1.62. The fraction of sp³-hybridized carbons (Fsp3) is 0.238. The third-order valence-electron chi connectivity index (χ3n) is 4.65. The quantitative estimate of drug-likeness (QED) is 0.677. The molecule has 3 aromatic carbocycles. The van der Waals surface area contributed by atoms with E-state index in [9.17, 15) is 13.2 Å². The van der Waals surface area contributed by atoms with Crippen molar-refractivity contribution in [3.63, 3.8) is 0 Å². The first-order chi connectivity index (χ1) is 13.0. The number of hydrogen-bond acceptors (Lipinski definition) is 3. The lowest BCUT2D eigenvalue weighted by molar-refractivity contribution is -0.274. The molecule has 27 heavy (non-hydrogen) atoms. The Hall–Kier alpha value is -2.73. The van der Waals surface area contributed by atoms with Crippen molar-refractivity contribution in [2.45, 2.75) is 12.5 Å². The number of rotatable bonds is 5. The lowest BCUT2D eigenvalue weighted by atomic mass is 9.89. The summed E-state index contributed by atoms with van der Waals surface area (Å²) in [6, 6.07) is 19.8. The van der Waals surface area contributed by atoms with Crippen LogP contribution in [0, 0.1) is 5.92 Å². The maximum absolute atomic E-state index is 12.5. The predicted octanol–water partition coefficient (Wildman–Crippen LogP) is 5.08. The summed E-state index contributed by atoms with van der Waals surface area (Å²) >= 11 is 0. The largest absolute Gasteiger partial charge is 0.573 e. The van der Waals surface area contributed by atoms with Crippen LogP contribution >= 0.6 is 0 Å². The van der Waals surface area contributed by atoms with Crippen LogP contribution in [-0.2, 0) is 0 Å². The highest BCUT2D eigenvalue weighted by Crippen LogP contribution is 2.34. The molecule has 3 aromatic rings. The molecule has 1 N–H and O–H groups in total. The van der Waals surface area contributed by atoms with E-state index >= 15 is 0 Å². The second-order valence-corrected chi connectivity index (χ2v) is 6.59. The average molecular weight is 373 g/mol. The molecule has 3 nitrogen and oxygen atoms in total. The summed E-state index contributed by atoms with van der Waals surface area (Å²) in [5, 5.41) is 5.46. The van der Waals surface area contributed by atoms with Crippen molar-refractivity contribution in [2.75, 3.05) is 13.1 Å². The van der Waals surface area contributed by atoms with Gasteiger partial charge in [0.15, 0.2) is 0 Å². The maximum atomic E-state index is 12.5. The Morgan fingerprint density at radius 2 is 1.59 bits per heavy atom. The van der Waals surface area contributed by atoms with Gasteiger partial charge in [0, 0.05) is 25.1 Å². The van der Waals surface area contributed by atoms with E-state index < -0.39 is 6.36 Å². The third-order valence-corrected chi connectivity index (χ3v) is 4.65. The van der Waals surface area contributed by atoms with Gasteiger partial charge in [0.25, 0.3) is 0 Å². The number of ether oxygens (including phenoxy) is 2. The maximum Gasteiger partial charge on any atom is 0.573 e. The molecule has 1 aliphatic heterocycles. The summed E-state index contributed by atoms with van der Waals surface area (Å²) in [4.78, 5) is 0. The Kier molecular flexibility index (Phi) is 4.66. The normalized spacial score (nSPS) is 16.0. The number of nitrogens with one attached hydrogen (secondary N) is 1. The second kappa shape index (κ2) is 7.12. The molecule has 1 heterocycles. The van der Waals surface area contributed by atoms with Crippen LogP contribution < -0.4 is 14.8 Å². The van der Waals surface area contributed by atoms with Crippen molar-refractivity contribution in [1.29, 1.82) is 0 Å². The van der Waals surface area contributed by atoms with Gasteiger partial charge in [-0.25, -0.2) is 0 Å². The molecule has 0 aromatic heterocycles. The van der Waals surface area contributed by atoms with E-state index in [1.54, 1.807) is 6.07 Å². The summed E-state index contributed by atoms with van der Waals surface area (Å²) < 4.78 is 47.5. The molecule has 0 radical (unpaired) electrons. The fourth-order valence-corrected chi connectivity index (χ4v) is 3.24. The molecular weight excluding hydrogens is 355 g/mol. The van der Waals surface area contributed by atoms with Crippen molar-refractivity contribution in [1.82, 2.24) is 5.32 Å². The standard InChI is InChI=1S/C21H18F3NO2/c22-21(23,24)27-19-7-3-6-18(11-19)26-20(17-12-25-13-17)16-9-8-14-4-1-2-5-15(14)10-16/h1-11,17,20,25H,12-13H2.